The second-order valence-electron chi connectivity index (χ2n) is 7.65. The maximum absolute atomic E-state index is 5.13. The Morgan fingerprint density at radius 1 is 0.516 bits per heavy atom. The average molecular weight is 396 g/mol. The quantitative estimate of drug-likeness (QED) is 0.303. The van der Waals surface area contributed by atoms with Crippen LogP contribution in [0.25, 0.3) is 50.4 Å². The maximum atomic E-state index is 5.13. The molecule has 0 unspecified atom stereocenters. The Balaban J connectivity index is 1.86. The van der Waals surface area contributed by atoms with Crippen molar-refractivity contribution in [2.24, 2.45) is 0 Å². The zero-order chi connectivity index (χ0) is 20.6. The van der Waals surface area contributed by atoms with Gasteiger partial charge in [0.2, 0.25) is 0 Å². The van der Waals surface area contributed by atoms with Crippen LogP contribution in [-0.4, -0.2) is 9.55 Å². The van der Waals surface area contributed by atoms with Crippen LogP contribution in [0.2, 0.25) is 0 Å². The molecule has 1 aliphatic carbocycles. The summed E-state index contributed by atoms with van der Waals surface area (Å²) in [6.45, 7) is 0. The number of nitrogens with zero attached hydrogens (tertiary/aromatic N) is 2. The average Bonchev–Trinajstić information content (AvgIpc) is 3.25. The highest BCUT2D eigenvalue weighted by Gasteiger charge is 2.26. The van der Waals surface area contributed by atoms with Gasteiger partial charge in [-0.05, 0) is 29.3 Å². The van der Waals surface area contributed by atoms with E-state index >= 15 is 0 Å². The molecule has 1 aromatic heterocycles. The van der Waals surface area contributed by atoms with Crippen molar-refractivity contribution in [3.63, 3.8) is 0 Å². The predicted octanol–water partition coefficient (Wildman–Crippen LogP) is 7.46. The summed E-state index contributed by atoms with van der Waals surface area (Å²) in [4.78, 5) is 5.13. The molecule has 146 valence electrons. The zero-order valence-corrected chi connectivity index (χ0v) is 16.9. The van der Waals surface area contributed by atoms with Crippen molar-refractivity contribution in [1.82, 2.24) is 9.55 Å². The number of hydrogen-bond acceptors (Lipinski definition) is 1. The molecule has 3 aromatic carbocycles. The van der Waals surface area contributed by atoms with Crippen LogP contribution >= 0.6 is 0 Å². The van der Waals surface area contributed by atoms with Crippen LogP contribution in [0.5, 0.6) is 0 Å². The van der Waals surface area contributed by atoms with E-state index in [9.17, 15) is 0 Å². The van der Waals surface area contributed by atoms with Gasteiger partial charge in [-0.25, -0.2) is 4.98 Å². The number of fused-ring (bicyclic) bond motifs is 3. The van der Waals surface area contributed by atoms with E-state index in [1.165, 1.54) is 33.3 Å². The maximum Gasteiger partial charge on any atom is 0.147 e. The molecular formula is C29H20N2. The van der Waals surface area contributed by atoms with Crippen molar-refractivity contribution in [3.05, 3.63) is 121 Å². The summed E-state index contributed by atoms with van der Waals surface area (Å²) in [5.74, 6) is 0. The minimum absolute atomic E-state index is 0.991. The smallest absolute Gasteiger partial charge is 0.147 e. The molecule has 0 fully saturated rings. The molecule has 0 radical (unpaired) electrons. The van der Waals surface area contributed by atoms with Crippen LogP contribution in [0.4, 0.5) is 0 Å². The molecule has 0 amide bonds. The third kappa shape index (κ3) is 2.84. The molecule has 2 nitrogen and oxygen atoms in total. The first kappa shape index (κ1) is 17.7. The van der Waals surface area contributed by atoms with Gasteiger partial charge in [0.1, 0.15) is 5.65 Å². The molecule has 2 aliphatic rings. The normalized spacial score (nSPS) is 11.2. The van der Waals surface area contributed by atoms with Gasteiger partial charge in [-0.15, -0.1) is 0 Å². The highest BCUT2D eigenvalue weighted by Crippen LogP contribution is 2.46. The van der Waals surface area contributed by atoms with Crippen molar-refractivity contribution in [2.45, 2.75) is 0 Å². The van der Waals surface area contributed by atoms with Crippen molar-refractivity contribution < 1.29 is 0 Å². The summed E-state index contributed by atoms with van der Waals surface area (Å²) in [5, 5.41) is 1.19. The fraction of sp³-hybridized carbons (Fsp3) is 0. The molecule has 2 heteroatoms. The van der Waals surface area contributed by atoms with E-state index in [1.807, 2.05) is 0 Å². The first-order valence-corrected chi connectivity index (χ1v) is 10.5. The minimum Gasteiger partial charge on any atom is -0.293 e. The minimum atomic E-state index is 0.991. The second-order valence-corrected chi connectivity index (χ2v) is 7.65. The third-order valence-corrected chi connectivity index (χ3v) is 5.78. The van der Waals surface area contributed by atoms with E-state index in [0.29, 0.717) is 0 Å². The van der Waals surface area contributed by atoms with E-state index in [1.54, 1.807) is 0 Å². The van der Waals surface area contributed by atoms with Crippen LogP contribution in [0.3, 0.4) is 0 Å². The molecular weight excluding hydrogens is 376 g/mol. The monoisotopic (exact) mass is 396 g/mol. The largest absolute Gasteiger partial charge is 0.293 e. The standard InChI is InChI=1S/C29H20N2/c1-5-13-21(14-6-1)26-27-24-19-11-4-12-20-25(24)30-29(27)31(23-17-9-3-10-18-23)28(26)22-15-7-2-8-16-22/h1-20H. The summed E-state index contributed by atoms with van der Waals surface area (Å²) >= 11 is 0. The molecule has 2 heterocycles. The number of hydrogen-bond donors (Lipinski definition) is 0. The van der Waals surface area contributed by atoms with E-state index in [0.717, 1.165) is 17.0 Å². The van der Waals surface area contributed by atoms with Gasteiger partial charge in [-0.2, -0.15) is 0 Å². The molecule has 0 spiro atoms. The molecule has 6 rings (SSSR count). The Morgan fingerprint density at radius 3 is 1.74 bits per heavy atom. The Kier molecular flexibility index (Phi) is 4.14. The highest BCUT2D eigenvalue weighted by molar-refractivity contribution is 6.12. The number of aromatic nitrogens is 2. The fourth-order valence-electron chi connectivity index (χ4n) is 4.47. The molecule has 0 N–H and O–H groups in total. The number of para-hydroxylation sites is 1. The summed E-state index contributed by atoms with van der Waals surface area (Å²) < 4.78 is 2.31. The molecule has 0 saturated heterocycles. The second kappa shape index (κ2) is 7.26. The van der Waals surface area contributed by atoms with Crippen molar-refractivity contribution in [1.29, 1.82) is 0 Å². The lowest BCUT2D eigenvalue weighted by Gasteiger charge is -2.13. The predicted molar refractivity (Wildman–Crippen MR) is 129 cm³/mol. The van der Waals surface area contributed by atoms with Crippen LogP contribution in [0, 0.1) is 0 Å². The zero-order valence-electron chi connectivity index (χ0n) is 16.9. The first-order valence-electron chi connectivity index (χ1n) is 10.5. The van der Waals surface area contributed by atoms with E-state index in [2.05, 4.69) is 126 Å². The van der Waals surface area contributed by atoms with Gasteiger partial charge in [0.15, 0.2) is 0 Å². The van der Waals surface area contributed by atoms with Crippen molar-refractivity contribution in [2.75, 3.05) is 0 Å². The van der Waals surface area contributed by atoms with Crippen LogP contribution in [0.1, 0.15) is 0 Å². The van der Waals surface area contributed by atoms with Crippen molar-refractivity contribution >= 4 is 11.0 Å². The molecule has 0 bridgehead atoms. The van der Waals surface area contributed by atoms with Gasteiger partial charge in [0.05, 0.1) is 11.4 Å². The summed E-state index contributed by atoms with van der Waals surface area (Å²) in [7, 11) is 0. The molecule has 0 atom stereocenters. The van der Waals surface area contributed by atoms with Gasteiger partial charge in [0, 0.05) is 22.2 Å². The molecule has 4 aromatic rings. The Hall–Kier alpha value is -4.17. The molecule has 0 saturated carbocycles. The lowest BCUT2D eigenvalue weighted by atomic mass is 9.97. The van der Waals surface area contributed by atoms with E-state index in [4.69, 9.17) is 4.98 Å². The Morgan fingerprint density at radius 2 is 1.06 bits per heavy atom. The third-order valence-electron chi connectivity index (χ3n) is 5.78. The van der Waals surface area contributed by atoms with Gasteiger partial charge in [-0.1, -0.05) is 103 Å². The topological polar surface area (TPSA) is 17.8 Å². The Bertz CT molecular complexity index is 1450. The van der Waals surface area contributed by atoms with Crippen LogP contribution < -0.4 is 0 Å². The van der Waals surface area contributed by atoms with Crippen molar-refractivity contribution in [3.8, 4) is 39.3 Å². The van der Waals surface area contributed by atoms with Gasteiger partial charge in [0.25, 0.3) is 0 Å². The Labute approximate surface area is 181 Å². The van der Waals surface area contributed by atoms with Gasteiger partial charge >= 0.3 is 0 Å². The van der Waals surface area contributed by atoms with Gasteiger partial charge in [-0.3, -0.25) is 4.57 Å². The molecule has 1 aliphatic heterocycles. The lowest BCUT2D eigenvalue weighted by molar-refractivity contribution is 1.11. The SMILES string of the molecule is c1ccc(-c2c(-c3ccccc3)n(-c3ccccc3)c3nc4cccccc-4c23)cc1. The van der Waals surface area contributed by atoms with E-state index < -0.39 is 0 Å². The van der Waals surface area contributed by atoms with E-state index in [-0.39, 0.29) is 0 Å². The summed E-state index contributed by atoms with van der Waals surface area (Å²) in [5.41, 5.74) is 9.05. The first-order chi connectivity index (χ1) is 15.4. The summed E-state index contributed by atoms with van der Waals surface area (Å²) in [6, 6.07) is 42.3. The molecule has 31 heavy (non-hydrogen) atoms. The summed E-state index contributed by atoms with van der Waals surface area (Å²) in [6.07, 6.45) is 0. The van der Waals surface area contributed by atoms with Gasteiger partial charge < -0.3 is 0 Å². The highest BCUT2D eigenvalue weighted by atomic mass is 15.1. The van der Waals surface area contributed by atoms with Crippen LogP contribution in [0.15, 0.2) is 121 Å². The van der Waals surface area contributed by atoms with Crippen LogP contribution in [-0.2, 0) is 0 Å². The lowest BCUT2D eigenvalue weighted by Crippen LogP contribution is -1.98. The fourth-order valence-corrected chi connectivity index (χ4v) is 4.47. The number of rotatable bonds is 3. The number of benzene rings is 3.